The molecule has 0 atom stereocenters. The molecule has 0 saturated carbocycles. The van der Waals surface area contributed by atoms with Crippen LogP contribution in [-0.4, -0.2) is 33.7 Å². The number of hydrogen-bond acceptors (Lipinski definition) is 4. The molecule has 122 valence electrons. The largest absolute Gasteiger partial charge is 0.489 e. The Morgan fingerprint density at radius 3 is 2.64 bits per heavy atom. The predicted octanol–water partition coefficient (Wildman–Crippen LogP) is 2.22. The SMILES string of the molecule is CC(C)(C)CC(=O)Nc1ccc2c(c1)OCCN2S(C)(=O)=O. The van der Waals surface area contributed by atoms with Gasteiger partial charge in [0, 0.05) is 18.2 Å². The molecule has 0 aromatic heterocycles. The van der Waals surface area contributed by atoms with Crippen LogP contribution in [0.1, 0.15) is 27.2 Å². The van der Waals surface area contributed by atoms with E-state index in [4.69, 9.17) is 4.74 Å². The molecule has 1 aliphatic rings. The molecule has 0 radical (unpaired) electrons. The molecule has 1 aromatic carbocycles. The van der Waals surface area contributed by atoms with E-state index in [0.717, 1.165) is 0 Å². The molecule has 2 rings (SSSR count). The zero-order valence-electron chi connectivity index (χ0n) is 13.3. The minimum atomic E-state index is -3.33. The van der Waals surface area contributed by atoms with Crippen LogP contribution in [0.25, 0.3) is 0 Å². The van der Waals surface area contributed by atoms with Gasteiger partial charge in [-0.1, -0.05) is 20.8 Å². The van der Waals surface area contributed by atoms with Gasteiger partial charge in [0.1, 0.15) is 12.4 Å². The third-order valence-corrected chi connectivity index (χ3v) is 4.34. The molecule has 0 unspecified atom stereocenters. The van der Waals surface area contributed by atoms with Crippen LogP contribution in [0.5, 0.6) is 5.75 Å². The van der Waals surface area contributed by atoms with Crippen molar-refractivity contribution in [2.75, 3.05) is 29.0 Å². The minimum Gasteiger partial charge on any atom is -0.489 e. The Bertz CT molecular complexity index is 677. The summed E-state index contributed by atoms with van der Waals surface area (Å²) < 4.78 is 30.4. The Labute approximate surface area is 131 Å². The van der Waals surface area contributed by atoms with E-state index in [9.17, 15) is 13.2 Å². The number of nitrogens with zero attached hydrogens (tertiary/aromatic N) is 1. The summed E-state index contributed by atoms with van der Waals surface area (Å²) in [6.45, 7) is 6.56. The zero-order valence-corrected chi connectivity index (χ0v) is 14.2. The monoisotopic (exact) mass is 326 g/mol. The number of hydrogen-bond donors (Lipinski definition) is 1. The molecular formula is C15H22N2O4S. The topological polar surface area (TPSA) is 75.7 Å². The molecule has 22 heavy (non-hydrogen) atoms. The minimum absolute atomic E-state index is 0.0803. The quantitative estimate of drug-likeness (QED) is 0.924. The molecule has 0 aliphatic carbocycles. The summed E-state index contributed by atoms with van der Waals surface area (Å²) in [7, 11) is -3.33. The number of carbonyl (C=O) groups excluding carboxylic acids is 1. The summed E-state index contributed by atoms with van der Waals surface area (Å²) >= 11 is 0. The van der Waals surface area contributed by atoms with Gasteiger partial charge >= 0.3 is 0 Å². The number of anilines is 2. The normalized spacial score (nSPS) is 15.0. The fraction of sp³-hybridized carbons (Fsp3) is 0.533. The van der Waals surface area contributed by atoms with Gasteiger partial charge in [0.05, 0.1) is 18.5 Å². The van der Waals surface area contributed by atoms with Crippen LogP contribution >= 0.6 is 0 Å². The lowest BCUT2D eigenvalue weighted by Crippen LogP contribution is -2.37. The average molecular weight is 326 g/mol. The smallest absolute Gasteiger partial charge is 0.232 e. The molecule has 0 saturated heterocycles. The summed E-state index contributed by atoms with van der Waals surface area (Å²) in [5.41, 5.74) is 1.01. The first-order valence-electron chi connectivity index (χ1n) is 7.11. The van der Waals surface area contributed by atoms with Crippen molar-refractivity contribution in [3.8, 4) is 5.75 Å². The number of sulfonamides is 1. The summed E-state index contributed by atoms with van der Waals surface area (Å²) in [5, 5.41) is 2.82. The van der Waals surface area contributed by atoms with E-state index in [1.54, 1.807) is 18.2 Å². The maximum atomic E-state index is 12.0. The highest BCUT2D eigenvalue weighted by molar-refractivity contribution is 7.92. The predicted molar refractivity (Wildman–Crippen MR) is 86.8 cm³/mol. The molecule has 1 heterocycles. The average Bonchev–Trinajstić information content (AvgIpc) is 2.34. The molecule has 7 heteroatoms. The molecule has 0 fully saturated rings. The van der Waals surface area contributed by atoms with Crippen LogP contribution in [-0.2, 0) is 14.8 Å². The van der Waals surface area contributed by atoms with Crippen LogP contribution in [0, 0.1) is 5.41 Å². The van der Waals surface area contributed by atoms with E-state index in [1.165, 1.54) is 10.6 Å². The number of nitrogens with one attached hydrogen (secondary N) is 1. The highest BCUT2D eigenvalue weighted by Crippen LogP contribution is 2.35. The second kappa shape index (κ2) is 5.79. The molecule has 0 spiro atoms. The van der Waals surface area contributed by atoms with E-state index >= 15 is 0 Å². The molecule has 1 aromatic rings. The Balaban J connectivity index is 2.20. The van der Waals surface area contributed by atoms with Crippen LogP contribution in [0.2, 0.25) is 0 Å². The Morgan fingerprint density at radius 2 is 2.05 bits per heavy atom. The van der Waals surface area contributed by atoms with Crippen molar-refractivity contribution < 1.29 is 17.9 Å². The van der Waals surface area contributed by atoms with Crippen molar-refractivity contribution in [2.24, 2.45) is 5.41 Å². The van der Waals surface area contributed by atoms with Gasteiger partial charge in [-0.25, -0.2) is 8.42 Å². The lowest BCUT2D eigenvalue weighted by atomic mass is 9.92. The van der Waals surface area contributed by atoms with Gasteiger partial charge in [-0.2, -0.15) is 0 Å². The first-order valence-corrected chi connectivity index (χ1v) is 8.95. The van der Waals surface area contributed by atoms with Crippen molar-refractivity contribution >= 4 is 27.3 Å². The van der Waals surface area contributed by atoms with E-state index < -0.39 is 10.0 Å². The summed E-state index contributed by atoms with van der Waals surface area (Å²) in [6, 6.07) is 5.00. The van der Waals surface area contributed by atoms with Gasteiger partial charge in [0.25, 0.3) is 0 Å². The molecule has 1 N–H and O–H groups in total. The highest BCUT2D eigenvalue weighted by Gasteiger charge is 2.25. The molecular weight excluding hydrogens is 304 g/mol. The first kappa shape index (κ1) is 16.6. The van der Waals surface area contributed by atoms with Crippen molar-refractivity contribution in [1.82, 2.24) is 0 Å². The van der Waals surface area contributed by atoms with Crippen LogP contribution in [0.4, 0.5) is 11.4 Å². The van der Waals surface area contributed by atoms with E-state index in [0.29, 0.717) is 36.7 Å². The van der Waals surface area contributed by atoms with Gasteiger partial charge in [-0.05, 0) is 17.5 Å². The Kier molecular flexibility index (Phi) is 4.37. The highest BCUT2D eigenvalue weighted by atomic mass is 32.2. The summed E-state index contributed by atoms with van der Waals surface area (Å²) in [4.78, 5) is 12.0. The van der Waals surface area contributed by atoms with Gasteiger partial charge < -0.3 is 10.1 Å². The van der Waals surface area contributed by atoms with Crippen LogP contribution in [0.15, 0.2) is 18.2 Å². The van der Waals surface area contributed by atoms with Gasteiger partial charge in [-0.3, -0.25) is 9.10 Å². The fourth-order valence-electron chi connectivity index (χ4n) is 2.30. The summed E-state index contributed by atoms with van der Waals surface area (Å²) in [6.07, 6.45) is 1.57. The van der Waals surface area contributed by atoms with Crippen molar-refractivity contribution in [3.63, 3.8) is 0 Å². The lowest BCUT2D eigenvalue weighted by molar-refractivity contribution is -0.117. The fourth-order valence-corrected chi connectivity index (χ4v) is 3.22. The number of amides is 1. The third kappa shape index (κ3) is 4.13. The van der Waals surface area contributed by atoms with Gasteiger partial charge in [0.15, 0.2) is 0 Å². The van der Waals surface area contributed by atoms with Crippen molar-refractivity contribution in [2.45, 2.75) is 27.2 Å². The second-order valence-electron chi connectivity index (χ2n) is 6.65. The van der Waals surface area contributed by atoms with Crippen LogP contribution in [0.3, 0.4) is 0 Å². The molecule has 6 nitrogen and oxygen atoms in total. The molecule has 0 bridgehead atoms. The van der Waals surface area contributed by atoms with Crippen molar-refractivity contribution in [3.05, 3.63) is 18.2 Å². The number of ether oxygens (including phenoxy) is 1. The van der Waals surface area contributed by atoms with E-state index in [-0.39, 0.29) is 11.3 Å². The zero-order chi connectivity index (χ0) is 16.5. The lowest BCUT2D eigenvalue weighted by Gasteiger charge is -2.29. The van der Waals surface area contributed by atoms with Gasteiger partial charge in [-0.15, -0.1) is 0 Å². The number of fused-ring (bicyclic) bond motifs is 1. The molecule has 1 aliphatic heterocycles. The van der Waals surface area contributed by atoms with E-state index in [2.05, 4.69) is 5.32 Å². The Hall–Kier alpha value is -1.76. The molecule has 1 amide bonds. The number of benzene rings is 1. The second-order valence-corrected chi connectivity index (χ2v) is 8.56. The Morgan fingerprint density at radius 1 is 1.36 bits per heavy atom. The van der Waals surface area contributed by atoms with Crippen molar-refractivity contribution in [1.29, 1.82) is 0 Å². The summed E-state index contributed by atoms with van der Waals surface area (Å²) in [5.74, 6) is 0.383. The first-order chi connectivity index (χ1) is 10.1. The van der Waals surface area contributed by atoms with E-state index in [1.807, 2.05) is 20.8 Å². The third-order valence-electron chi connectivity index (χ3n) is 3.16. The van der Waals surface area contributed by atoms with Crippen LogP contribution < -0.4 is 14.4 Å². The maximum absolute atomic E-state index is 12.0. The van der Waals surface area contributed by atoms with Gasteiger partial charge in [0.2, 0.25) is 15.9 Å². The number of rotatable bonds is 3. The number of carbonyl (C=O) groups is 1. The maximum Gasteiger partial charge on any atom is 0.232 e. The standard InChI is InChI=1S/C15H22N2O4S/c1-15(2,3)10-14(18)16-11-5-6-12-13(9-11)21-8-7-17(12)22(4,19)20/h5-6,9H,7-8,10H2,1-4H3,(H,16,18).